The van der Waals surface area contributed by atoms with E-state index in [0.29, 0.717) is 34.4 Å². The first-order valence-corrected chi connectivity index (χ1v) is 7.62. The van der Waals surface area contributed by atoms with E-state index in [9.17, 15) is 14.0 Å². The van der Waals surface area contributed by atoms with Gasteiger partial charge >= 0.3 is 0 Å². The summed E-state index contributed by atoms with van der Waals surface area (Å²) in [6.45, 7) is 1.97. The molecule has 0 atom stereocenters. The van der Waals surface area contributed by atoms with Gasteiger partial charge in [0.05, 0.1) is 6.20 Å². The molecular formula is C19H16FNO2. The van der Waals surface area contributed by atoms with Gasteiger partial charge in [-0.15, -0.1) is 0 Å². The molecule has 0 aliphatic heterocycles. The lowest BCUT2D eigenvalue weighted by Crippen LogP contribution is -2.23. The Bertz CT molecular complexity index is 806. The van der Waals surface area contributed by atoms with Crippen LogP contribution in [0.4, 0.5) is 4.39 Å². The van der Waals surface area contributed by atoms with Crippen molar-refractivity contribution in [1.29, 1.82) is 0 Å². The fraction of sp³-hybridized carbons (Fsp3) is 0.211. The number of Topliss-reactive ketones (excluding diaryl/α,β-unsaturated/α-hetero) is 2. The lowest BCUT2D eigenvalue weighted by atomic mass is 9.80. The number of rotatable bonds is 4. The second kappa shape index (κ2) is 6.24. The molecule has 1 heterocycles. The zero-order chi connectivity index (χ0) is 16.4. The zero-order valence-electron chi connectivity index (χ0n) is 12.8. The van der Waals surface area contributed by atoms with Crippen molar-refractivity contribution in [1.82, 2.24) is 4.98 Å². The molecule has 1 aliphatic carbocycles. The van der Waals surface area contributed by atoms with Crippen molar-refractivity contribution in [3.05, 3.63) is 76.4 Å². The Morgan fingerprint density at radius 2 is 1.61 bits per heavy atom. The molecule has 2 aromatic rings. The highest BCUT2D eigenvalue weighted by molar-refractivity contribution is 6.27. The maximum atomic E-state index is 13.0. The van der Waals surface area contributed by atoms with Crippen molar-refractivity contribution >= 4 is 11.6 Å². The van der Waals surface area contributed by atoms with E-state index in [1.165, 1.54) is 6.07 Å². The number of halogens is 1. The molecule has 1 aliphatic rings. The lowest BCUT2D eigenvalue weighted by Gasteiger charge is -2.20. The first kappa shape index (κ1) is 15.3. The molecule has 0 fully saturated rings. The number of ketones is 2. The molecule has 0 bridgehead atoms. The van der Waals surface area contributed by atoms with Crippen LogP contribution in [0.2, 0.25) is 0 Å². The lowest BCUT2D eigenvalue weighted by molar-refractivity contribution is 0.0969. The second-order valence-corrected chi connectivity index (χ2v) is 5.56. The number of pyridine rings is 1. The average Bonchev–Trinajstić information content (AvgIpc) is 2.57. The van der Waals surface area contributed by atoms with Crippen LogP contribution in [0.5, 0.6) is 0 Å². The number of carbonyl (C=O) groups is 2. The van der Waals surface area contributed by atoms with Gasteiger partial charge in [0.25, 0.3) is 0 Å². The number of nitrogens with zero attached hydrogens (tertiary/aromatic N) is 1. The maximum Gasteiger partial charge on any atom is 0.190 e. The van der Waals surface area contributed by atoms with E-state index in [4.69, 9.17) is 0 Å². The van der Waals surface area contributed by atoms with E-state index in [2.05, 4.69) is 4.98 Å². The molecule has 0 spiro atoms. The van der Waals surface area contributed by atoms with E-state index in [-0.39, 0.29) is 18.0 Å². The summed E-state index contributed by atoms with van der Waals surface area (Å²) in [7, 11) is 0. The summed E-state index contributed by atoms with van der Waals surface area (Å²) in [5.41, 5.74) is 2.53. The topological polar surface area (TPSA) is 47.0 Å². The molecule has 0 saturated heterocycles. The van der Waals surface area contributed by atoms with Crippen molar-refractivity contribution < 1.29 is 14.0 Å². The molecule has 0 unspecified atom stereocenters. The van der Waals surface area contributed by atoms with Gasteiger partial charge in [-0.1, -0.05) is 37.6 Å². The number of aromatic nitrogens is 1. The van der Waals surface area contributed by atoms with Gasteiger partial charge in [0.1, 0.15) is 5.82 Å². The standard InChI is InChI=1S/C19H16FNO2/c1-2-5-14-17(10-13-9-8-12(20)11-21-13)19(23)16-7-4-3-6-15(16)18(14)22/h3-4,6-9,11H,2,5,10H2,1H3. The Kier molecular flexibility index (Phi) is 4.15. The molecule has 1 aromatic heterocycles. The van der Waals surface area contributed by atoms with Gasteiger partial charge in [-0.25, -0.2) is 4.39 Å². The Morgan fingerprint density at radius 1 is 0.957 bits per heavy atom. The van der Waals surface area contributed by atoms with Crippen molar-refractivity contribution in [3.63, 3.8) is 0 Å². The third kappa shape index (κ3) is 2.84. The van der Waals surface area contributed by atoms with Crippen LogP contribution in [-0.2, 0) is 6.42 Å². The van der Waals surface area contributed by atoms with Crippen LogP contribution in [0.1, 0.15) is 46.2 Å². The minimum Gasteiger partial charge on any atom is -0.289 e. The van der Waals surface area contributed by atoms with E-state index in [1.807, 2.05) is 6.92 Å². The van der Waals surface area contributed by atoms with Crippen molar-refractivity contribution in [2.75, 3.05) is 0 Å². The quantitative estimate of drug-likeness (QED) is 0.859. The van der Waals surface area contributed by atoms with Crippen molar-refractivity contribution in [2.45, 2.75) is 26.2 Å². The van der Waals surface area contributed by atoms with Crippen LogP contribution in [0.25, 0.3) is 0 Å². The number of fused-ring (bicyclic) bond motifs is 1. The van der Waals surface area contributed by atoms with Crippen LogP contribution < -0.4 is 0 Å². The van der Waals surface area contributed by atoms with Crippen molar-refractivity contribution in [3.8, 4) is 0 Å². The third-order valence-corrected chi connectivity index (χ3v) is 3.98. The van der Waals surface area contributed by atoms with E-state index in [0.717, 1.165) is 12.6 Å². The second-order valence-electron chi connectivity index (χ2n) is 5.56. The highest BCUT2D eigenvalue weighted by atomic mass is 19.1. The van der Waals surface area contributed by atoms with Gasteiger partial charge in [0.2, 0.25) is 0 Å². The number of hydrogen-bond acceptors (Lipinski definition) is 3. The summed E-state index contributed by atoms with van der Waals surface area (Å²) in [6.07, 6.45) is 2.69. The summed E-state index contributed by atoms with van der Waals surface area (Å²) in [4.78, 5) is 29.5. The van der Waals surface area contributed by atoms with Crippen LogP contribution in [0, 0.1) is 5.82 Å². The monoisotopic (exact) mass is 309 g/mol. The van der Waals surface area contributed by atoms with E-state index >= 15 is 0 Å². The predicted octanol–water partition coefficient (Wildman–Crippen LogP) is 3.94. The van der Waals surface area contributed by atoms with Crippen molar-refractivity contribution in [2.24, 2.45) is 0 Å². The highest BCUT2D eigenvalue weighted by Gasteiger charge is 2.31. The Labute approximate surface area is 133 Å². The number of hydrogen-bond donors (Lipinski definition) is 0. The fourth-order valence-corrected chi connectivity index (χ4v) is 2.87. The van der Waals surface area contributed by atoms with E-state index < -0.39 is 5.82 Å². The molecule has 1 aromatic carbocycles. The summed E-state index contributed by atoms with van der Waals surface area (Å²) in [5, 5.41) is 0. The van der Waals surface area contributed by atoms with Gasteiger partial charge in [-0.2, -0.15) is 0 Å². The minimum absolute atomic E-state index is 0.0841. The third-order valence-electron chi connectivity index (χ3n) is 3.98. The zero-order valence-corrected chi connectivity index (χ0v) is 12.8. The first-order chi connectivity index (χ1) is 11.1. The normalized spacial score (nSPS) is 14.2. The SMILES string of the molecule is CCCC1=C(Cc2ccc(F)cn2)C(=O)c2ccccc2C1=O. The molecule has 23 heavy (non-hydrogen) atoms. The molecule has 3 nitrogen and oxygen atoms in total. The Hall–Kier alpha value is -2.62. The maximum absolute atomic E-state index is 13.0. The smallest absolute Gasteiger partial charge is 0.190 e. The number of benzene rings is 1. The largest absolute Gasteiger partial charge is 0.289 e. The predicted molar refractivity (Wildman–Crippen MR) is 84.9 cm³/mol. The number of allylic oxidation sites excluding steroid dienone is 2. The Balaban J connectivity index is 2.06. The number of carbonyl (C=O) groups excluding carboxylic acids is 2. The molecule has 0 N–H and O–H groups in total. The van der Waals surface area contributed by atoms with Gasteiger partial charge in [0.15, 0.2) is 11.6 Å². The van der Waals surface area contributed by atoms with Gasteiger partial charge < -0.3 is 0 Å². The first-order valence-electron chi connectivity index (χ1n) is 7.62. The molecule has 3 rings (SSSR count). The fourth-order valence-electron chi connectivity index (χ4n) is 2.87. The molecule has 0 radical (unpaired) electrons. The summed E-state index contributed by atoms with van der Waals surface area (Å²) >= 11 is 0. The molecular weight excluding hydrogens is 293 g/mol. The molecule has 0 amide bonds. The van der Waals surface area contributed by atoms with Crippen LogP contribution in [-0.4, -0.2) is 16.6 Å². The van der Waals surface area contributed by atoms with E-state index in [1.54, 1.807) is 30.3 Å². The Morgan fingerprint density at radius 3 is 2.17 bits per heavy atom. The minimum atomic E-state index is -0.423. The molecule has 116 valence electrons. The van der Waals surface area contributed by atoms with Crippen LogP contribution in [0.15, 0.2) is 53.7 Å². The van der Waals surface area contributed by atoms with Gasteiger partial charge in [0, 0.05) is 34.4 Å². The average molecular weight is 309 g/mol. The van der Waals surface area contributed by atoms with Gasteiger partial charge in [-0.3, -0.25) is 14.6 Å². The molecule has 4 heteroatoms. The summed E-state index contributed by atoms with van der Waals surface area (Å²) in [5.74, 6) is -0.637. The van der Waals surface area contributed by atoms with Crippen LogP contribution in [0.3, 0.4) is 0 Å². The summed E-state index contributed by atoms with van der Waals surface area (Å²) < 4.78 is 13.0. The highest BCUT2D eigenvalue weighted by Crippen LogP contribution is 2.30. The summed E-state index contributed by atoms with van der Waals surface area (Å²) in [6, 6.07) is 9.74. The van der Waals surface area contributed by atoms with Gasteiger partial charge in [-0.05, 0) is 18.6 Å². The van der Waals surface area contributed by atoms with Crippen LogP contribution >= 0.6 is 0 Å². The molecule has 0 saturated carbocycles.